The van der Waals surface area contributed by atoms with E-state index in [1.54, 1.807) is 31.0 Å². The lowest BCUT2D eigenvalue weighted by molar-refractivity contribution is -0.112. The SMILES string of the molecule is COc1cc(C=C(C#N)C(=O)Nc2ccc(F)cc2)ccc1SC. The van der Waals surface area contributed by atoms with Crippen LogP contribution >= 0.6 is 11.8 Å². The van der Waals surface area contributed by atoms with Crippen LogP contribution in [-0.2, 0) is 4.79 Å². The van der Waals surface area contributed by atoms with Crippen LogP contribution in [0.4, 0.5) is 10.1 Å². The highest BCUT2D eigenvalue weighted by Gasteiger charge is 2.10. The topological polar surface area (TPSA) is 62.1 Å². The average Bonchev–Trinajstić information content (AvgIpc) is 2.61. The van der Waals surface area contributed by atoms with Gasteiger partial charge in [0.15, 0.2) is 0 Å². The van der Waals surface area contributed by atoms with Crippen molar-refractivity contribution in [2.24, 2.45) is 0 Å². The summed E-state index contributed by atoms with van der Waals surface area (Å²) in [6.45, 7) is 0. The first-order valence-electron chi connectivity index (χ1n) is 6.98. The molecule has 122 valence electrons. The van der Waals surface area contributed by atoms with E-state index in [1.165, 1.54) is 30.3 Å². The summed E-state index contributed by atoms with van der Waals surface area (Å²) in [5.74, 6) is -0.283. The number of nitrogens with one attached hydrogen (secondary N) is 1. The highest BCUT2D eigenvalue weighted by Crippen LogP contribution is 2.29. The van der Waals surface area contributed by atoms with Gasteiger partial charge in [0.25, 0.3) is 5.91 Å². The minimum absolute atomic E-state index is 0.0571. The first-order chi connectivity index (χ1) is 11.6. The number of nitrogens with zero attached hydrogens (tertiary/aromatic N) is 1. The van der Waals surface area contributed by atoms with Crippen LogP contribution in [0.1, 0.15) is 5.56 Å². The second kappa shape index (κ2) is 8.18. The number of thioether (sulfide) groups is 1. The van der Waals surface area contributed by atoms with Crippen molar-refractivity contribution in [3.05, 3.63) is 59.4 Å². The van der Waals surface area contributed by atoms with Crippen LogP contribution in [0.15, 0.2) is 52.9 Å². The van der Waals surface area contributed by atoms with E-state index in [-0.39, 0.29) is 5.57 Å². The lowest BCUT2D eigenvalue weighted by Crippen LogP contribution is -2.13. The van der Waals surface area contributed by atoms with E-state index in [4.69, 9.17) is 4.74 Å². The Morgan fingerprint density at radius 3 is 2.58 bits per heavy atom. The zero-order valence-corrected chi connectivity index (χ0v) is 14.0. The summed E-state index contributed by atoms with van der Waals surface area (Å²) in [6.07, 6.45) is 3.41. The Morgan fingerprint density at radius 2 is 2.00 bits per heavy atom. The van der Waals surface area contributed by atoms with Gasteiger partial charge in [-0.2, -0.15) is 5.26 Å². The van der Waals surface area contributed by atoms with Gasteiger partial charge in [0.05, 0.1) is 7.11 Å². The number of halogens is 1. The number of benzene rings is 2. The number of hydrogen-bond donors (Lipinski definition) is 1. The predicted octanol–water partition coefficient (Wildman–Crippen LogP) is 4.10. The fraction of sp³-hybridized carbons (Fsp3) is 0.111. The van der Waals surface area contributed by atoms with E-state index in [2.05, 4.69) is 5.32 Å². The number of rotatable bonds is 5. The van der Waals surface area contributed by atoms with Crippen molar-refractivity contribution in [3.63, 3.8) is 0 Å². The molecule has 2 aromatic carbocycles. The molecule has 2 aromatic rings. The van der Waals surface area contributed by atoms with Crippen molar-refractivity contribution in [1.82, 2.24) is 0 Å². The number of amides is 1. The molecule has 0 radical (unpaired) electrons. The molecule has 0 unspecified atom stereocenters. The number of methoxy groups -OCH3 is 1. The molecule has 6 heteroatoms. The van der Waals surface area contributed by atoms with Crippen molar-refractivity contribution in [2.75, 3.05) is 18.7 Å². The van der Waals surface area contributed by atoms with E-state index in [0.29, 0.717) is 17.0 Å². The lowest BCUT2D eigenvalue weighted by Gasteiger charge is -2.07. The lowest BCUT2D eigenvalue weighted by atomic mass is 10.1. The zero-order valence-electron chi connectivity index (χ0n) is 13.2. The summed E-state index contributed by atoms with van der Waals surface area (Å²) in [5.41, 5.74) is 1.03. The maximum absolute atomic E-state index is 12.9. The Labute approximate surface area is 143 Å². The van der Waals surface area contributed by atoms with Gasteiger partial charge in [-0.3, -0.25) is 4.79 Å². The third-order valence-corrected chi connectivity index (χ3v) is 3.96. The summed E-state index contributed by atoms with van der Waals surface area (Å²) >= 11 is 1.54. The molecule has 0 saturated heterocycles. The Morgan fingerprint density at radius 1 is 1.29 bits per heavy atom. The summed E-state index contributed by atoms with van der Waals surface area (Å²) < 4.78 is 18.2. The van der Waals surface area contributed by atoms with Crippen LogP contribution in [-0.4, -0.2) is 19.3 Å². The van der Waals surface area contributed by atoms with Gasteiger partial charge in [-0.25, -0.2) is 4.39 Å². The Hall–Kier alpha value is -2.78. The Balaban J connectivity index is 2.23. The van der Waals surface area contributed by atoms with Gasteiger partial charge in [-0.1, -0.05) is 6.07 Å². The second-order valence-corrected chi connectivity index (χ2v) is 5.59. The largest absolute Gasteiger partial charge is 0.496 e. The summed E-state index contributed by atoms with van der Waals surface area (Å²) in [4.78, 5) is 13.1. The van der Waals surface area contributed by atoms with E-state index < -0.39 is 11.7 Å². The minimum Gasteiger partial charge on any atom is -0.496 e. The number of carbonyl (C=O) groups excluding carboxylic acids is 1. The molecule has 1 amide bonds. The summed E-state index contributed by atoms with van der Waals surface area (Å²) in [6, 6.07) is 12.6. The molecule has 1 N–H and O–H groups in total. The third kappa shape index (κ3) is 4.37. The quantitative estimate of drug-likeness (QED) is 0.505. The summed E-state index contributed by atoms with van der Waals surface area (Å²) in [7, 11) is 1.56. The van der Waals surface area contributed by atoms with Crippen molar-refractivity contribution in [3.8, 4) is 11.8 Å². The molecule has 0 aliphatic rings. The highest BCUT2D eigenvalue weighted by atomic mass is 32.2. The number of carbonyl (C=O) groups is 1. The molecule has 0 aliphatic heterocycles. The van der Waals surface area contributed by atoms with Gasteiger partial charge >= 0.3 is 0 Å². The molecule has 0 aromatic heterocycles. The Kier molecular flexibility index (Phi) is 5.99. The number of hydrogen-bond acceptors (Lipinski definition) is 4. The van der Waals surface area contributed by atoms with Crippen LogP contribution in [0.3, 0.4) is 0 Å². The van der Waals surface area contributed by atoms with Crippen LogP contribution in [0.5, 0.6) is 5.75 Å². The normalized spacial score (nSPS) is 10.8. The van der Waals surface area contributed by atoms with Gasteiger partial charge in [0, 0.05) is 10.6 Å². The van der Waals surface area contributed by atoms with Crippen molar-refractivity contribution in [2.45, 2.75) is 4.90 Å². The smallest absolute Gasteiger partial charge is 0.266 e. The van der Waals surface area contributed by atoms with Crippen LogP contribution in [0, 0.1) is 17.1 Å². The van der Waals surface area contributed by atoms with Gasteiger partial charge in [0.2, 0.25) is 0 Å². The molecule has 0 saturated carbocycles. The van der Waals surface area contributed by atoms with Gasteiger partial charge < -0.3 is 10.1 Å². The minimum atomic E-state index is -0.558. The van der Waals surface area contributed by atoms with Gasteiger partial charge in [0.1, 0.15) is 23.2 Å². The van der Waals surface area contributed by atoms with Crippen molar-refractivity contribution < 1.29 is 13.9 Å². The average molecular weight is 342 g/mol. The molecular weight excluding hydrogens is 327 g/mol. The molecule has 2 rings (SSSR count). The number of anilines is 1. The fourth-order valence-electron chi connectivity index (χ4n) is 1.99. The first kappa shape index (κ1) is 17.6. The van der Waals surface area contributed by atoms with Gasteiger partial charge in [-0.05, 0) is 54.3 Å². The second-order valence-electron chi connectivity index (χ2n) is 4.75. The van der Waals surface area contributed by atoms with Crippen molar-refractivity contribution >= 4 is 29.4 Å². The predicted molar refractivity (Wildman–Crippen MR) is 93.4 cm³/mol. The van der Waals surface area contributed by atoms with E-state index >= 15 is 0 Å². The number of nitriles is 1. The zero-order chi connectivity index (χ0) is 17.5. The monoisotopic (exact) mass is 342 g/mol. The highest BCUT2D eigenvalue weighted by molar-refractivity contribution is 7.98. The Bertz CT molecular complexity index is 811. The fourth-order valence-corrected chi connectivity index (χ4v) is 2.54. The van der Waals surface area contributed by atoms with Gasteiger partial charge in [-0.15, -0.1) is 11.8 Å². The summed E-state index contributed by atoms with van der Waals surface area (Å²) in [5, 5.41) is 11.8. The standard InChI is InChI=1S/C18H15FN2O2S/c1-23-16-10-12(3-8-17(16)24-2)9-13(11-20)18(22)21-15-6-4-14(19)5-7-15/h3-10H,1-2H3,(H,21,22). The molecule has 0 spiro atoms. The third-order valence-electron chi connectivity index (χ3n) is 3.19. The van der Waals surface area contributed by atoms with Crippen molar-refractivity contribution in [1.29, 1.82) is 5.26 Å². The molecular formula is C18H15FN2O2S. The molecule has 4 nitrogen and oxygen atoms in total. The van der Waals surface area contributed by atoms with E-state index in [0.717, 1.165) is 4.90 Å². The molecule has 0 bridgehead atoms. The van der Waals surface area contributed by atoms with Crippen LogP contribution in [0.25, 0.3) is 6.08 Å². The van der Waals surface area contributed by atoms with Crippen LogP contribution < -0.4 is 10.1 Å². The molecule has 24 heavy (non-hydrogen) atoms. The van der Waals surface area contributed by atoms with E-state index in [9.17, 15) is 14.4 Å². The maximum Gasteiger partial charge on any atom is 0.266 e. The molecule has 0 atom stereocenters. The maximum atomic E-state index is 12.9. The van der Waals surface area contributed by atoms with Crippen LogP contribution in [0.2, 0.25) is 0 Å². The molecule has 0 heterocycles. The molecule has 0 aliphatic carbocycles. The number of ether oxygens (including phenoxy) is 1. The van der Waals surface area contributed by atoms with E-state index in [1.807, 2.05) is 18.4 Å². The first-order valence-corrected chi connectivity index (χ1v) is 8.20. The molecule has 0 fully saturated rings.